The molecule has 0 aliphatic rings. The lowest BCUT2D eigenvalue weighted by Crippen LogP contribution is -2.01. The number of phenolic OH excluding ortho intramolecular Hbond substituents is 2. The van der Waals surface area contributed by atoms with E-state index in [-0.39, 0.29) is 22.5 Å². The summed E-state index contributed by atoms with van der Waals surface area (Å²) in [4.78, 5) is 12.3. The van der Waals surface area contributed by atoms with E-state index in [9.17, 15) is 15.0 Å². The number of methoxy groups -OCH3 is 1. The van der Waals surface area contributed by atoms with E-state index in [4.69, 9.17) is 9.15 Å². The van der Waals surface area contributed by atoms with Crippen LogP contribution in [0.3, 0.4) is 0 Å². The van der Waals surface area contributed by atoms with Gasteiger partial charge in [0, 0.05) is 22.2 Å². The highest BCUT2D eigenvalue weighted by Crippen LogP contribution is 2.41. The molecule has 0 aliphatic heterocycles. The maximum Gasteiger partial charge on any atom is 0.203 e. The summed E-state index contributed by atoms with van der Waals surface area (Å²) >= 11 is 3.35. The number of ether oxygens (including phenoxy) is 1. The molecule has 0 spiro atoms. The normalized spacial score (nSPS) is 10.8. The molecular formula is C16H11BrO5. The van der Waals surface area contributed by atoms with Gasteiger partial charge in [0.05, 0.1) is 7.11 Å². The van der Waals surface area contributed by atoms with Crippen LogP contribution in [0.1, 0.15) is 0 Å². The Morgan fingerprint density at radius 1 is 1.18 bits per heavy atom. The van der Waals surface area contributed by atoms with Crippen LogP contribution in [0, 0.1) is 0 Å². The molecule has 1 aromatic heterocycles. The second-order valence-electron chi connectivity index (χ2n) is 4.64. The fourth-order valence-corrected chi connectivity index (χ4v) is 2.66. The van der Waals surface area contributed by atoms with Gasteiger partial charge in [-0.25, -0.2) is 0 Å². The van der Waals surface area contributed by atoms with Gasteiger partial charge in [-0.05, 0) is 12.1 Å². The van der Waals surface area contributed by atoms with E-state index in [1.807, 2.05) is 12.1 Å². The first-order valence-electron chi connectivity index (χ1n) is 6.34. The van der Waals surface area contributed by atoms with E-state index < -0.39 is 11.2 Å². The van der Waals surface area contributed by atoms with Crippen molar-refractivity contribution in [1.29, 1.82) is 0 Å². The van der Waals surface area contributed by atoms with Gasteiger partial charge in [-0.15, -0.1) is 0 Å². The Hall–Kier alpha value is -2.47. The summed E-state index contributed by atoms with van der Waals surface area (Å²) < 4.78 is 11.4. The zero-order valence-corrected chi connectivity index (χ0v) is 13.0. The molecule has 0 saturated carbocycles. The van der Waals surface area contributed by atoms with Crippen molar-refractivity contribution in [2.24, 2.45) is 0 Å². The lowest BCUT2D eigenvalue weighted by Gasteiger charge is -2.09. The molecule has 6 heteroatoms. The molecule has 0 atom stereocenters. The number of fused-ring (bicyclic) bond motifs is 1. The van der Waals surface area contributed by atoms with Gasteiger partial charge >= 0.3 is 0 Å². The number of rotatable bonds is 2. The van der Waals surface area contributed by atoms with Gasteiger partial charge < -0.3 is 19.4 Å². The molecule has 22 heavy (non-hydrogen) atoms. The Balaban J connectivity index is 2.32. The minimum Gasteiger partial charge on any atom is -0.504 e. The Bertz CT molecular complexity index is 930. The van der Waals surface area contributed by atoms with Gasteiger partial charge in [0.1, 0.15) is 16.7 Å². The molecule has 0 amide bonds. The number of aromatic hydroxyl groups is 2. The minimum atomic E-state index is -0.438. The van der Waals surface area contributed by atoms with E-state index >= 15 is 0 Å². The smallest absolute Gasteiger partial charge is 0.203 e. The predicted octanol–water partition coefficient (Wildman–Crippen LogP) is 3.64. The molecule has 0 unspecified atom stereocenters. The van der Waals surface area contributed by atoms with E-state index in [0.29, 0.717) is 11.3 Å². The highest BCUT2D eigenvalue weighted by molar-refractivity contribution is 9.10. The molecule has 3 aromatic rings. The molecule has 3 rings (SSSR count). The lowest BCUT2D eigenvalue weighted by molar-refractivity contribution is 0.346. The lowest BCUT2D eigenvalue weighted by atomic mass is 10.1. The molecule has 2 aromatic carbocycles. The number of hydrogen-bond donors (Lipinski definition) is 2. The van der Waals surface area contributed by atoms with E-state index in [1.165, 1.54) is 19.2 Å². The van der Waals surface area contributed by atoms with Crippen LogP contribution < -0.4 is 10.2 Å². The van der Waals surface area contributed by atoms with Crippen molar-refractivity contribution in [2.75, 3.05) is 7.11 Å². The van der Waals surface area contributed by atoms with Crippen LogP contribution >= 0.6 is 15.9 Å². The zero-order valence-electron chi connectivity index (χ0n) is 11.5. The van der Waals surface area contributed by atoms with Gasteiger partial charge in [-0.2, -0.15) is 0 Å². The average Bonchev–Trinajstić information content (AvgIpc) is 2.46. The maximum absolute atomic E-state index is 12.3. The Labute approximate surface area is 133 Å². The summed E-state index contributed by atoms with van der Waals surface area (Å²) in [6.07, 6.45) is 0. The largest absolute Gasteiger partial charge is 0.504 e. The SMILES string of the molecule is COc1c(O)cc2oc(-c3cccc(Br)c3)cc(=O)c2c1O. The molecular weight excluding hydrogens is 352 g/mol. The van der Waals surface area contributed by atoms with Crippen molar-refractivity contribution in [1.82, 2.24) is 0 Å². The minimum absolute atomic E-state index is 0.0339. The van der Waals surface area contributed by atoms with E-state index in [1.54, 1.807) is 12.1 Å². The summed E-state index contributed by atoms with van der Waals surface area (Å²) in [7, 11) is 1.29. The van der Waals surface area contributed by atoms with Crippen LogP contribution in [0.4, 0.5) is 0 Å². The second-order valence-corrected chi connectivity index (χ2v) is 5.55. The van der Waals surface area contributed by atoms with Crippen molar-refractivity contribution in [3.05, 3.63) is 51.1 Å². The standard InChI is InChI=1S/C16H11BrO5/c1-21-16-11(19)7-13-14(15(16)20)10(18)6-12(22-13)8-3-2-4-9(17)5-8/h2-7,19-20H,1H3. The van der Waals surface area contributed by atoms with Crippen LogP contribution in [-0.4, -0.2) is 17.3 Å². The molecule has 112 valence electrons. The maximum atomic E-state index is 12.3. The van der Waals surface area contributed by atoms with Crippen LogP contribution in [0.15, 0.2) is 50.1 Å². The number of hydrogen-bond acceptors (Lipinski definition) is 5. The van der Waals surface area contributed by atoms with Crippen LogP contribution in [0.25, 0.3) is 22.3 Å². The topological polar surface area (TPSA) is 79.9 Å². The van der Waals surface area contributed by atoms with E-state index in [2.05, 4.69) is 15.9 Å². The third-order valence-electron chi connectivity index (χ3n) is 3.24. The predicted molar refractivity (Wildman–Crippen MR) is 85.5 cm³/mol. The number of halogens is 1. The molecule has 0 fully saturated rings. The fourth-order valence-electron chi connectivity index (χ4n) is 2.26. The van der Waals surface area contributed by atoms with Gasteiger partial charge in [-0.3, -0.25) is 4.79 Å². The Kier molecular flexibility index (Phi) is 3.54. The fraction of sp³-hybridized carbons (Fsp3) is 0.0625. The van der Waals surface area contributed by atoms with Crippen molar-refractivity contribution < 1.29 is 19.4 Å². The van der Waals surface area contributed by atoms with E-state index in [0.717, 1.165) is 4.47 Å². The van der Waals surface area contributed by atoms with Crippen LogP contribution in [-0.2, 0) is 0 Å². The molecule has 5 nitrogen and oxygen atoms in total. The average molecular weight is 363 g/mol. The number of phenols is 2. The van der Waals surface area contributed by atoms with Crippen molar-refractivity contribution >= 4 is 26.9 Å². The quantitative estimate of drug-likeness (QED) is 0.727. The number of benzene rings is 2. The molecule has 0 saturated heterocycles. The third kappa shape index (κ3) is 2.31. The first-order valence-corrected chi connectivity index (χ1v) is 7.13. The molecule has 1 heterocycles. The molecule has 0 bridgehead atoms. The van der Waals surface area contributed by atoms with Crippen molar-refractivity contribution in [2.45, 2.75) is 0 Å². The summed E-state index contributed by atoms with van der Waals surface area (Å²) in [5.41, 5.74) is 0.355. The molecule has 0 radical (unpaired) electrons. The Morgan fingerprint density at radius 3 is 2.64 bits per heavy atom. The van der Waals surface area contributed by atoms with Gasteiger partial charge in [0.25, 0.3) is 0 Å². The summed E-state index contributed by atoms with van der Waals surface area (Å²) in [5.74, 6) is -0.563. The van der Waals surface area contributed by atoms with Crippen molar-refractivity contribution in [3.8, 4) is 28.6 Å². The third-order valence-corrected chi connectivity index (χ3v) is 3.73. The highest BCUT2D eigenvalue weighted by Gasteiger charge is 2.18. The van der Waals surface area contributed by atoms with Crippen molar-refractivity contribution in [3.63, 3.8) is 0 Å². The first kappa shape index (κ1) is 14.5. The first-order chi connectivity index (χ1) is 10.5. The van der Waals surface area contributed by atoms with Gasteiger partial charge in [-0.1, -0.05) is 28.1 Å². The molecule has 2 N–H and O–H groups in total. The summed E-state index contributed by atoms with van der Waals surface area (Å²) in [5, 5.41) is 19.9. The Morgan fingerprint density at radius 2 is 1.95 bits per heavy atom. The molecule has 0 aliphatic carbocycles. The van der Waals surface area contributed by atoms with Gasteiger partial charge in [0.15, 0.2) is 16.9 Å². The van der Waals surface area contributed by atoms with Gasteiger partial charge in [0.2, 0.25) is 5.75 Å². The summed E-state index contributed by atoms with van der Waals surface area (Å²) in [6, 6.07) is 9.79. The van der Waals surface area contributed by atoms with Crippen LogP contribution in [0.2, 0.25) is 0 Å². The monoisotopic (exact) mass is 362 g/mol. The highest BCUT2D eigenvalue weighted by atomic mass is 79.9. The van der Waals surface area contributed by atoms with Crippen LogP contribution in [0.5, 0.6) is 17.2 Å². The summed E-state index contributed by atoms with van der Waals surface area (Å²) in [6.45, 7) is 0. The second kappa shape index (κ2) is 5.38. The zero-order chi connectivity index (χ0) is 15.9.